The molecule has 1 aromatic rings. The van der Waals surface area contributed by atoms with Gasteiger partial charge in [0, 0.05) is 19.1 Å². The number of aromatic nitrogens is 1. The molecule has 0 aliphatic carbocycles. The zero-order chi connectivity index (χ0) is 13.0. The molecule has 1 unspecified atom stereocenters. The predicted molar refractivity (Wildman–Crippen MR) is 68.1 cm³/mol. The molecular weight excluding hydrogens is 230 g/mol. The highest BCUT2D eigenvalue weighted by Crippen LogP contribution is 2.12. The van der Waals surface area contributed by atoms with Crippen LogP contribution in [0.2, 0.25) is 0 Å². The van der Waals surface area contributed by atoms with Gasteiger partial charge in [0.1, 0.15) is 5.69 Å². The molecule has 0 aromatic carbocycles. The Balaban J connectivity index is 2.02. The fourth-order valence-electron chi connectivity index (χ4n) is 2.25. The molecule has 0 bridgehead atoms. The molecule has 0 radical (unpaired) electrons. The lowest BCUT2D eigenvalue weighted by Gasteiger charge is -2.30. The van der Waals surface area contributed by atoms with E-state index < -0.39 is 5.97 Å². The van der Waals surface area contributed by atoms with Gasteiger partial charge in [0.15, 0.2) is 0 Å². The van der Waals surface area contributed by atoms with E-state index in [1.54, 1.807) is 6.07 Å². The second-order valence-electron chi connectivity index (χ2n) is 4.64. The normalized spacial score (nSPS) is 20.7. The molecule has 0 amide bonds. The van der Waals surface area contributed by atoms with Crippen molar-refractivity contribution in [2.45, 2.75) is 25.4 Å². The number of carbonyl (C=O) groups is 1. The van der Waals surface area contributed by atoms with E-state index in [0.29, 0.717) is 5.69 Å². The smallest absolute Gasteiger partial charge is 0.356 e. The summed E-state index contributed by atoms with van der Waals surface area (Å²) >= 11 is 0. The maximum atomic E-state index is 11.4. The number of hydrogen-bond donors (Lipinski definition) is 1. The summed E-state index contributed by atoms with van der Waals surface area (Å²) in [6.45, 7) is 2.67. The number of likely N-dealkylation sites (tertiary alicyclic amines) is 1. The molecule has 5 heteroatoms. The zero-order valence-electron chi connectivity index (χ0n) is 10.6. The molecule has 18 heavy (non-hydrogen) atoms. The largest absolute Gasteiger partial charge is 0.464 e. The average molecular weight is 249 g/mol. The van der Waals surface area contributed by atoms with Gasteiger partial charge in [0.05, 0.1) is 12.8 Å². The molecule has 0 spiro atoms. The van der Waals surface area contributed by atoms with Crippen LogP contribution in [0, 0.1) is 0 Å². The highest BCUT2D eigenvalue weighted by molar-refractivity contribution is 5.87. The van der Waals surface area contributed by atoms with Gasteiger partial charge in [0.25, 0.3) is 0 Å². The monoisotopic (exact) mass is 249 g/mol. The number of hydrogen-bond acceptors (Lipinski definition) is 5. The Hall–Kier alpha value is -1.46. The van der Waals surface area contributed by atoms with Gasteiger partial charge < -0.3 is 10.5 Å². The molecular formula is C13H19N3O2. The van der Waals surface area contributed by atoms with Gasteiger partial charge in [0.2, 0.25) is 0 Å². The average Bonchev–Trinajstić information content (AvgIpc) is 2.38. The van der Waals surface area contributed by atoms with Crippen LogP contribution in [-0.2, 0) is 11.3 Å². The summed E-state index contributed by atoms with van der Waals surface area (Å²) < 4.78 is 4.66. The molecule has 1 aromatic heterocycles. The number of methoxy groups -OCH3 is 1. The topological polar surface area (TPSA) is 68.5 Å². The quantitative estimate of drug-likeness (QED) is 0.802. The van der Waals surface area contributed by atoms with Gasteiger partial charge in [-0.3, -0.25) is 4.90 Å². The van der Waals surface area contributed by atoms with Gasteiger partial charge >= 0.3 is 5.97 Å². The van der Waals surface area contributed by atoms with Crippen molar-refractivity contribution in [3.8, 4) is 0 Å². The SMILES string of the molecule is COC(=O)c1cccc(CN2CCCC(N)C2)n1. The first kappa shape index (κ1) is 13.0. The predicted octanol–water partition coefficient (Wildman–Crippen LogP) is 0.791. The van der Waals surface area contributed by atoms with Crippen molar-refractivity contribution >= 4 is 5.97 Å². The van der Waals surface area contributed by atoms with Crippen LogP contribution in [0.15, 0.2) is 18.2 Å². The van der Waals surface area contributed by atoms with E-state index in [4.69, 9.17) is 5.73 Å². The summed E-state index contributed by atoms with van der Waals surface area (Å²) in [4.78, 5) is 18.0. The third-order valence-electron chi connectivity index (χ3n) is 3.13. The fraction of sp³-hybridized carbons (Fsp3) is 0.538. The second kappa shape index (κ2) is 5.93. The number of nitrogens with two attached hydrogens (primary N) is 1. The number of rotatable bonds is 3. The molecule has 0 saturated carbocycles. The third-order valence-corrected chi connectivity index (χ3v) is 3.13. The number of ether oxygens (including phenoxy) is 1. The molecule has 1 aliphatic rings. The summed E-state index contributed by atoms with van der Waals surface area (Å²) in [7, 11) is 1.36. The van der Waals surface area contributed by atoms with Crippen molar-refractivity contribution in [2.24, 2.45) is 5.73 Å². The summed E-state index contributed by atoms with van der Waals surface area (Å²) in [6, 6.07) is 5.67. The Morgan fingerprint density at radius 1 is 1.61 bits per heavy atom. The van der Waals surface area contributed by atoms with Crippen LogP contribution in [0.4, 0.5) is 0 Å². The highest BCUT2D eigenvalue weighted by atomic mass is 16.5. The van der Waals surface area contributed by atoms with Crippen LogP contribution in [0.3, 0.4) is 0 Å². The Bertz CT molecular complexity index is 422. The Morgan fingerprint density at radius 3 is 3.17 bits per heavy atom. The van der Waals surface area contributed by atoms with Crippen LogP contribution in [0.1, 0.15) is 29.0 Å². The summed E-state index contributed by atoms with van der Waals surface area (Å²) in [5.41, 5.74) is 7.18. The lowest BCUT2D eigenvalue weighted by atomic mass is 10.1. The van der Waals surface area contributed by atoms with Crippen LogP contribution in [0.5, 0.6) is 0 Å². The first-order valence-corrected chi connectivity index (χ1v) is 6.21. The molecule has 98 valence electrons. The Morgan fingerprint density at radius 2 is 2.44 bits per heavy atom. The van der Waals surface area contributed by atoms with E-state index in [1.807, 2.05) is 12.1 Å². The number of carbonyl (C=O) groups excluding carboxylic acids is 1. The van der Waals surface area contributed by atoms with Crippen LogP contribution in [-0.4, -0.2) is 42.1 Å². The number of esters is 1. The summed E-state index contributed by atoms with van der Waals surface area (Å²) in [6.07, 6.45) is 2.21. The van der Waals surface area contributed by atoms with Gasteiger partial charge in [-0.1, -0.05) is 6.07 Å². The lowest BCUT2D eigenvalue weighted by molar-refractivity contribution is 0.0593. The summed E-state index contributed by atoms with van der Waals surface area (Å²) in [5, 5.41) is 0. The van der Waals surface area contributed by atoms with Gasteiger partial charge in [-0.05, 0) is 31.5 Å². The first-order chi connectivity index (χ1) is 8.69. The molecule has 1 fully saturated rings. The van der Waals surface area contributed by atoms with Crippen molar-refractivity contribution in [3.63, 3.8) is 0 Å². The lowest BCUT2D eigenvalue weighted by Crippen LogP contribution is -2.42. The number of piperidine rings is 1. The molecule has 2 heterocycles. The molecule has 1 saturated heterocycles. The standard InChI is InChI=1S/C13H19N3O2/c1-18-13(17)12-6-2-5-11(15-12)9-16-7-3-4-10(14)8-16/h2,5-6,10H,3-4,7-9,14H2,1H3. The van der Waals surface area contributed by atoms with Gasteiger partial charge in [-0.2, -0.15) is 0 Å². The first-order valence-electron chi connectivity index (χ1n) is 6.21. The van der Waals surface area contributed by atoms with E-state index >= 15 is 0 Å². The molecule has 2 rings (SSSR count). The summed E-state index contributed by atoms with van der Waals surface area (Å²) in [5.74, 6) is -0.396. The minimum atomic E-state index is -0.396. The van der Waals surface area contributed by atoms with Crippen molar-refractivity contribution < 1.29 is 9.53 Å². The molecule has 5 nitrogen and oxygen atoms in total. The Kier molecular flexibility index (Phi) is 4.28. The van der Waals surface area contributed by atoms with E-state index in [-0.39, 0.29) is 6.04 Å². The number of pyridine rings is 1. The minimum absolute atomic E-state index is 0.252. The van der Waals surface area contributed by atoms with Crippen LogP contribution < -0.4 is 5.73 Å². The van der Waals surface area contributed by atoms with Crippen molar-refractivity contribution in [1.29, 1.82) is 0 Å². The van der Waals surface area contributed by atoms with E-state index in [0.717, 1.165) is 38.2 Å². The van der Waals surface area contributed by atoms with E-state index in [2.05, 4.69) is 14.6 Å². The molecule has 2 N–H and O–H groups in total. The van der Waals surface area contributed by atoms with Crippen molar-refractivity contribution in [2.75, 3.05) is 20.2 Å². The maximum absolute atomic E-state index is 11.4. The maximum Gasteiger partial charge on any atom is 0.356 e. The second-order valence-corrected chi connectivity index (χ2v) is 4.64. The van der Waals surface area contributed by atoms with Gasteiger partial charge in [-0.25, -0.2) is 9.78 Å². The van der Waals surface area contributed by atoms with Crippen molar-refractivity contribution in [3.05, 3.63) is 29.6 Å². The fourth-order valence-corrected chi connectivity index (χ4v) is 2.25. The van der Waals surface area contributed by atoms with Gasteiger partial charge in [-0.15, -0.1) is 0 Å². The molecule has 1 aliphatic heterocycles. The third kappa shape index (κ3) is 3.27. The van der Waals surface area contributed by atoms with Crippen LogP contribution >= 0.6 is 0 Å². The van der Waals surface area contributed by atoms with E-state index in [1.165, 1.54) is 7.11 Å². The van der Waals surface area contributed by atoms with E-state index in [9.17, 15) is 4.79 Å². The molecule has 1 atom stereocenters. The van der Waals surface area contributed by atoms with Crippen LogP contribution in [0.25, 0.3) is 0 Å². The highest BCUT2D eigenvalue weighted by Gasteiger charge is 2.17. The number of nitrogens with zero attached hydrogens (tertiary/aromatic N) is 2. The Labute approximate surface area is 107 Å². The zero-order valence-corrected chi connectivity index (χ0v) is 10.6. The minimum Gasteiger partial charge on any atom is -0.464 e. The van der Waals surface area contributed by atoms with Crippen molar-refractivity contribution in [1.82, 2.24) is 9.88 Å².